The van der Waals surface area contributed by atoms with Crippen molar-refractivity contribution in [1.82, 2.24) is 4.72 Å². The summed E-state index contributed by atoms with van der Waals surface area (Å²) in [5.41, 5.74) is 0.678. The fraction of sp³-hybridized carbons (Fsp3) is 0.611. The van der Waals surface area contributed by atoms with E-state index in [1.54, 1.807) is 24.3 Å². The summed E-state index contributed by atoms with van der Waals surface area (Å²) < 4.78 is 27.4. The Labute approximate surface area is 138 Å². The molecule has 0 saturated heterocycles. The van der Waals surface area contributed by atoms with Crippen LogP contribution in [-0.4, -0.2) is 20.7 Å². The van der Waals surface area contributed by atoms with Gasteiger partial charge in [-0.15, -0.1) is 0 Å². The van der Waals surface area contributed by atoms with E-state index in [-0.39, 0.29) is 10.8 Å². The van der Waals surface area contributed by atoms with Gasteiger partial charge in [-0.05, 0) is 49.7 Å². The highest BCUT2D eigenvalue weighted by molar-refractivity contribution is 7.89. The molecule has 3 rings (SSSR count). The number of Topliss-reactive ketones (excluding diaryl/α,β-unsaturated/α-hetero) is 1. The van der Waals surface area contributed by atoms with Crippen LogP contribution in [0.5, 0.6) is 0 Å². The van der Waals surface area contributed by atoms with E-state index < -0.39 is 10.0 Å². The second-order valence-electron chi connectivity index (χ2n) is 7.57. The molecule has 0 aliphatic heterocycles. The van der Waals surface area contributed by atoms with Gasteiger partial charge in [0.1, 0.15) is 5.78 Å². The van der Waals surface area contributed by atoms with E-state index in [1.165, 1.54) is 0 Å². The largest absolute Gasteiger partial charge is 0.299 e. The van der Waals surface area contributed by atoms with Crippen LogP contribution in [0, 0.1) is 23.7 Å². The van der Waals surface area contributed by atoms with Gasteiger partial charge in [-0.3, -0.25) is 4.79 Å². The van der Waals surface area contributed by atoms with E-state index in [2.05, 4.69) is 18.6 Å². The van der Waals surface area contributed by atoms with Gasteiger partial charge >= 0.3 is 0 Å². The molecule has 2 bridgehead atoms. The Balaban J connectivity index is 1.68. The first-order valence-corrected chi connectivity index (χ1v) is 9.77. The van der Waals surface area contributed by atoms with Crippen LogP contribution in [0.1, 0.15) is 45.1 Å². The Morgan fingerprint density at radius 2 is 1.87 bits per heavy atom. The summed E-state index contributed by atoms with van der Waals surface area (Å²) in [6.07, 6.45) is 3.41. The van der Waals surface area contributed by atoms with Gasteiger partial charge in [-0.2, -0.15) is 0 Å². The second kappa shape index (κ2) is 5.42. The molecular formula is C18H25NO3S. The van der Waals surface area contributed by atoms with Crippen molar-refractivity contribution in [3.8, 4) is 0 Å². The summed E-state index contributed by atoms with van der Waals surface area (Å²) in [6.45, 7) is 6.54. The fourth-order valence-electron chi connectivity index (χ4n) is 4.48. The lowest BCUT2D eigenvalue weighted by atomic mass is 9.67. The van der Waals surface area contributed by atoms with Crippen molar-refractivity contribution in [2.75, 3.05) is 6.54 Å². The quantitative estimate of drug-likeness (QED) is 0.899. The standard InChI is InChI=1S/C18H25NO3S/c1-13-4-6-15(7-5-13)23(21,22)19-11-10-17(2)14-8-9-18(17,3)16(20)12-14/h4-7,14,19H,8-12H2,1-3H3/t14-,17+,18+/m0/s1. The molecule has 0 amide bonds. The molecule has 126 valence electrons. The van der Waals surface area contributed by atoms with Gasteiger partial charge in [-0.25, -0.2) is 13.1 Å². The summed E-state index contributed by atoms with van der Waals surface area (Å²) >= 11 is 0. The van der Waals surface area contributed by atoms with Crippen LogP contribution in [-0.2, 0) is 14.8 Å². The number of aryl methyl sites for hydroxylation is 1. The lowest BCUT2D eigenvalue weighted by molar-refractivity contribution is -0.128. The van der Waals surface area contributed by atoms with Crippen LogP contribution in [0.2, 0.25) is 0 Å². The first-order valence-electron chi connectivity index (χ1n) is 8.29. The molecule has 4 nitrogen and oxygen atoms in total. The SMILES string of the molecule is Cc1ccc(S(=O)(=O)NCC[C@]2(C)[C@H]3CC[C@]2(C)C(=O)C3)cc1. The molecule has 2 fully saturated rings. The van der Waals surface area contributed by atoms with Crippen molar-refractivity contribution in [2.45, 2.75) is 51.3 Å². The Hall–Kier alpha value is -1.20. The third-order valence-corrected chi connectivity index (χ3v) is 7.95. The van der Waals surface area contributed by atoms with Gasteiger partial charge in [0.15, 0.2) is 0 Å². The molecule has 0 heterocycles. The smallest absolute Gasteiger partial charge is 0.240 e. The number of carbonyl (C=O) groups is 1. The number of benzene rings is 1. The van der Waals surface area contributed by atoms with Crippen molar-refractivity contribution in [2.24, 2.45) is 16.7 Å². The predicted octanol–water partition coefficient (Wildman–Crippen LogP) is 3.06. The van der Waals surface area contributed by atoms with Crippen molar-refractivity contribution >= 4 is 15.8 Å². The topological polar surface area (TPSA) is 63.2 Å². The molecule has 2 saturated carbocycles. The zero-order valence-corrected chi connectivity index (χ0v) is 14.9. The fourth-order valence-corrected chi connectivity index (χ4v) is 5.51. The summed E-state index contributed by atoms with van der Waals surface area (Å²) in [4.78, 5) is 12.5. The average Bonchev–Trinajstić information content (AvgIpc) is 2.83. The van der Waals surface area contributed by atoms with E-state index in [0.29, 0.717) is 36.0 Å². The number of sulfonamides is 1. The summed E-state index contributed by atoms with van der Waals surface area (Å²) in [5.74, 6) is 0.765. The minimum atomic E-state index is -3.48. The minimum Gasteiger partial charge on any atom is -0.299 e. The molecule has 3 atom stereocenters. The number of hydrogen-bond acceptors (Lipinski definition) is 3. The minimum absolute atomic E-state index is 0.0835. The Bertz CT molecular complexity index is 725. The zero-order valence-electron chi connectivity index (χ0n) is 14.1. The normalized spacial score (nSPS) is 33.3. The molecule has 0 spiro atoms. The summed E-state index contributed by atoms with van der Waals surface area (Å²) in [5, 5.41) is 0. The van der Waals surface area contributed by atoms with Crippen LogP contribution in [0.25, 0.3) is 0 Å². The van der Waals surface area contributed by atoms with Crippen LogP contribution in [0.3, 0.4) is 0 Å². The highest BCUT2D eigenvalue weighted by Gasteiger charge is 2.63. The van der Waals surface area contributed by atoms with Gasteiger partial charge < -0.3 is 0 Å². The van der Waals surface area contributed by atoms with Crippen molar-refractivity contribution in [1.29, 1.82) is 0 Å². The molecule has 0 unspecified atom stereocenters. The van der Waals surface area contributed by atoms with E-state index >= 15 is 0 Å². The molecule has 1 N–H and O–H groups in total. The van der Waals surface area contributed by atoms with Crippen LogP contribution < -0.4 is 4.72 Å². The lowest BCUT2D eigenvalue weighted by Crippen LogP contribution is -2.38. The van der Waals surface area contributed by atoms with Gasteiger partial charge in [0, 0.05) is 18.4 Å². The summed E-state index contributed by atoms with van der Waals surface area (Å²) in [6, 6.07) is 6.85. The predicted molar refractivity (Wildman–Crippen MR) is 89.5 cm³/mol. The Morgan fingerprint density at radius 3 is 2.39 bits per heavy atom. The molecule has 2 aliphatic carbocycles. The van der Waals surface area contributed by atoms with Crippen LogP contribution >= 0.6 is 0 Å². The Morgan fingerprint density at radius 1 is 1.22 bits per heavy atom. The van der Waals surface area contributed by atoms with E-state index in [4.69, 9.17) is 0 Å². The maximum Gasteiger partial charge on any atom is 0.240 e. The first kappa shape index (κ1) is 16.7. The lowest BCUT2D eigenvalue weighted by Gasteiger charge is -2.36. The molecule has 0 radical (unpaired) electrons. The molecule has 2 aliphatic rings. The van der Waals surface area contributed by atoms with Gasteiger partial charge in [-0.1, -0.05) is 31.5 Å². The molecule has 1 aromatic carbocycles. The van der Waals surface area contributed by atoms with Crippen LogP contribution in [0.4, 0.5) is 0 Å². The number of hydrogen-bond donors (Lipinski definition) is 1. The highest BCUT2D eigenvalue weighted by Crippen LogP contribution is 2.65. The number of carbonyl (C=O) groups excluding carboxylic acids is 1. The second-order valence-corrected chi connectivity index (χ2v) is 9.34. The van der Waals surface area contributed by atoms with Gasteiger partial charge in [0.05, 0.1) is 4.90 Å². The monoisotopic (exact) mass is 335 g/mol. The van der Waals surface area contributed by atoms with Crippen LogP contribution in [0.15, 0.2) is 29.2 Å². The maximum atomic E-state index is 12.4. The van der Waals surface area contributed by atoms with Crippen molar-refractivity contribution < 1.29 is 13.2 Å². The van der Waals surface area contributed by atoms with Crippen molar-refractivity contribution in [3.63, 3.8) is 0 Å². The van der Waals surface area contributed by atoms with Crippen molar-refractivity contribution in [3.05, 3.63) is 29.8 Å². The highest BCUT2D eigenvalue weighted by atomic mass is 32.2. The molecule has 5 heteroatoms. The Kier molecular flexibility index (Phi) is 3.92. The number of fused-ring (bicyclic) bond motifs is 2. The number of nitrogens with one attached hydrogen (secondary N) is 1. The molecular weight excluding hydrogens is 310 g/mol. The summed E-state index contributed by atoms with van der Waals surface area (Å²) in [7, 11) is -3.48. The van der Waals surface area contributed by atoms with E-state index in [1.807, 2.05) is 6.92 Å². The molecule has 1 aromatic rings. The maximum absolute atomic E-state index is 12.4. The van der Waals surface area contributed by atoms with Gasteiger partial charge in [0.25, 0.3) is 0 Å². The average molecular weight is 335 g/mol. The van der Waals surface area contributed by atoms with Gasteiger partial charge in [0.2, 0.25) is 10.0 Å². The zero-order chi connectivity index (χ0) is 16.9. The number of rotatable bonds is 5. The third-order valence-electron chi connectivity index (χ3n) is 6.47. The molecule has 23 heavy (non-hydrogen) atoms. The molecule has 0 aromatic heterocycles. The van der Waals surface area contributed by atoms with E-state index in [0.717, 1.165) is 18.4 Å². The van der Waals surface area contributed by atoms with E-state index in [9.17, 15) is 13.2 Å². The number of ketones is 1. The first-order chi connectivity index (χ1) is 10.7. The third kappa shape index (κ3) is 2.54.